The van der Waals surface area contributed by atoms with Crippen molar-refractivity contribution in [1.29, 1.82) is 0 Å². The molecule has 0 aliphatic carbocycles. The SMILES string of the molecule is O=C(CC1(c2ccc(Oc3ccccc3)cc2)CCCCS1(=O)=O)NO. The van der Waals surface area contributed by atoms with Gasteiger partial charge in [-0.1, -0.05) is 36.8 Å². The van der Waals surface area contributed by atoms with Crippen LogP contribution in [-0.4, -0.2) is 25.3 Å². The fraction of sp³-hybridized carbons (Fsp3) is 0.316. The van der Waals surface area contributed by atoms with Crippen LogP contribution in [0.2, 0.25) is 0 Å². The van der Waals surface area contributed by atoms with Gasteiger partial charge < -0.3 is 4.74 Å². The summed E-state index contributed by atoms with van der Waals surface area (Å²) in [6, 6.07) is 16.0. The Bertz CT molecular complexity index is 865. The molecule has 1 saturated heterocycles. The molecule has 7 heteroatoms. The fourth-order valence-electron chi connectivity index (χ4n) is 3.43. The number of rotatable bonds is 5. The van der Waals surface area contributed by atoms with Gasteiger partial charge in [0.25, 0.3) is 0 Å². The quantitative estimate of drug-likeness (QED) is 0.618. The predicted molar refractivity (Wildman–Crippen MR) is 96.8 cm³/mol. The van der Waals surface area contributed by atoms with Crippen LogP contribution in [0.4, 0.5) is 0 Å². The van der Waals surface area contributed by atoms with Crippen molar-refractivity contribution in [3.05, 3.63) is 60.2 Å². The standard InChI is InChI=1S/C19H21NO5S/c21-18(20-22)14-19(12-4-5-13-26(19,23)24)15-8-10-17(11-9-15)25-16-6-2-1-3-7-16/h1-3,6-11,22H,4-5,12-14H2,(H,20,21). The van der Waals surface area contributed by atoms with E-state index in [-0.39, 0.29) is 12.2 Å². The summed E-state index contributed by atoms with van der Waals surface area (Å²) in [4.78, 5) is 11.8. The maximum atomic E-state index is 12.8. The first-order chi connectivity index (χ1) is 12.5. The lowest BCUT2D eigenvalue weighted by atomic mass is 9.88. The molecule has 1 aliphatic rings. The second-order valence-electron chi connectivity index (χ2n) is 6.42. The highest BCUT2D eigenvalue weighted by molar-refractivity contribution is 7.92. The van der Waals surface area contributed by atoms with E-state index in [0.717, 1.165) is 0 Å². The van der Waals surface area contributed by atoms with Crippen molar-refractivity contribution in [2.45, 2.75) is 30.4 Å². The van der Waals surface area contributed by atoms with Crippen molar-refractivity contribution < 1.29 is 23.2 Å². The van der Waals surface area contributed by atoms with Crippen molar-refractivity contribution in [2.75, 3.05) is 5.75 Å². The number of hydrogen-bond acceptors (Lipinski definition) is 5. The van der Waals surface area contributed by atoms with E-state index in [9.17, 15) is 13.2 Å². The van der Waals surface area contributed by atoms with Crippen molar-refractivity contribution >= 4 is 15.7 Å². The highest BCUT2D eigenvalue weighted by Gasteiger charge is 2.48. The second kappa shape index (κ2) is 7.47. The topological polar surface area (TPSA) is 92.7 Å². The summed E-state index contributed by atoms with van der Waals surface area (Å²) in [5, 5.41) is 8.89. The van der Waals surface area contributed by atoms with E-state index in [1.165, 1.54) is 0 Å². The molecule has 1 fully saturated rings. The third kappa shape index (κ3) is 3.59. The number of hydrogen-bond donors (Lipinski definition) is 2. The lowest BCUT2D eigenvalue weighted by Crippen LogP contribution is -2.44. The Labute approximate surface area is 152 Å². The van der Waals surface area contributed by atoms with Gasteiger partial charge in [-0.15, -0.1) is 0 Å². The smallest absolute Gasteiger partial charge is 0.245 e. The van der Waals surface area contributed by atoms with Crippen molar-refractivity contribution in [1.82, 2.24) is 5.48 Å². The van der Waals surface area contributed by atoms with Crippen molar-refractivity contribution in [3.63, 3.8) is 0 Å². The van der Waals surface area contributed by atoms with Crippen LogP contribution in [0.5, 0.6) is 11.5 Å². The Morgan fingerprint density at radius 2 is 1.69 bits per heavy atom. The summed E-state index contributed by atoms with van der Waals surface area (Å²) >= 11 is 0. The number of nitrogens with one attached hydrogen (secondary N) is 1. The van der Waals surface area contributed by atoms with Crippen LogP contribution in [0, 0.1) is 0 Å². The highest BCUT2D eigenvalue weighted by Crippen LogP contribution is 2.43. The van der Waals surface area contributed by atoms with Crippen molar-refractivity contribution in [3.8, 4) is 11.5 Å². The molecule has 26 heavy (non-hydrogen) atoms. The minimum Gasteiger partial charge on any atom is -0.457 e. The van der Waals surface area contributed by atoms with Crippen LogP contribution in [0.3, 0.4) is 0 Å². The minimum absolute atomic E-state index is 0.0357. The molecule has 2 aromatic carbocycles. The first-order valence-corrected chi connectivity index (χ1v) is 10.1. The maximum absolute atomic E-state index is 12.8. The molecule has 2 aromatic rings. The van der Waals surface area contributed by atoms with E-state index in [0.29, 0.717) is 36.3 Å². The molecule has 0 radical (unpaired) electrons. The Hall–Kier alpha value is -2.38. The monoisotopic (exact) mass is 375 g/mol. The molecule has 6 nitrogen and oxygen atoms in total. The summed E-state index contributed by atoms with van der Waals surface area (Å²) < 4.78 is 30.1. The molecule has 1 atom stereocenters. The van der Waals surface area contributed by atoms with Crippen molar-refractivity contribution in [2.24, 2.45) is 0 Å². The van der Waals surface area contributed by atoms with E-state index in [4.69, 9.17) is 9.94 Å². The number of ether oxygens (including phenoxy) is 1. The molecule has 1 unspecified atom stereocenters. The number of sulfone groups is 1. The summed E-state index contributed by atoms with van der Waals surface area (Å²) in [5.41, 5.74) is 2.10. The number of carbonyl (C=O) groups is 1. The van der Waals surface area contributed by atoms with Gasteiger partial charge in [0.05, 0.1) is 12.2 Å². The third-order valence-corrected chi connectivity index (χ3v) is 7.37. The molecule has 1 heterocycles. The molecule has 0 spiro atoms. The van der Waals surface area contributed by atoms with E-state index in [1.807, 2.05) is 30.3 Å². The molecule has 0 saturated carbocycles. The Morgan fingerprint density at radius 3 is 2.31 bits per heavy atom. The molecule has 0 aromatic heterocycles. The maximum Gasteiger partial charge on any atom is 0.245 e. The van der Waals surface area contributed by atoms with Gasteiger partial charge in [-0.2, -0.15) is 0 Å². The van der Waals surface area contributed by atoms with Crippen LogP contribution in [0.1, 0.15) is 31.2 Å². The number of benzene rings is 2. The largest absolute Gasteiger partial charge is 0.457 e. The fourth-order valence-corrected chi connectivity index (χ4v) is 5.70. The molecule has 1 amide bonds. The summed E-state index contributed by atoms with van der Waals surface area (Å²) in [6.45, 7) is 0. The zero-order valence-electron chi connectivity index (χ0n) is 14.2. The van der Waals surface area contributed by atoms with Crippen LogP contribution < -0.4 is 10.2 Å². The van der Waals surface area contributed by atoms with E-state index < -0.39 is 20.5 Å². The van der Waals surface area contributed by atoms with Gasteiger partial charge in [0.2, 0.25) is 5.91 Å². The van der Waals surface area contributed by atoms with Crippen LogP contribution in [0.25, 0.3) is 0 Å². The van der Waals surface area contributed by atoms with E-state index in [2.05, 4.69) is 0 Å². The number of hydroxylamine groups is 1. The number of para-hydroxylation sites is 1. The Balaban J connectivity index is 1.93. The van der Waals surface area contributed by atoms with Gasteiger partial charge >= 0.3 is 0 Å². The van der Waals surface area contributed by atoms with Gasteiger partial charge in [0, 0.05) is 0 Å². The third-order valence-electron chi connectivity index (χ3n) is 4.77. The van der Waals surface area contributed by atoms with Gasteiger partial charge in [-0.25, -0.2) is 13.9 Å². The zero-order valence-corrected chi connectivity index (χ0v) is 15.0. The molecule has 3 rings (SSSR count). The molecule has 138 valence electrons. The normalized spacial score (nSPS) is 21.7. The second-order valence-corrected chi connectivity index (χ2v) is 8.84. The number of carbonyl (C=O) groups excluding carboxylic acids is 1. The highest BCUT2D eigenvalue weighted by atomic mass is 32.2. The average Bonchev–Trinajstić information content (AvgIpc) is 2.65. The minimum atomic E-state index is -3.53. The molecule has 1 aliphatic heterocycles. The lowest BCUT2D eigenvalue weighted by molar-refractivity contribution is -0.130. The molecule has 2 N–H and O–H groups in total. The van der Waals surface area contributed by atoms with E-state index in [1.54, 1.807) is 29.7 Å². The van der Waals surface area contributed by atoms with Gasteiger partial charge in [-0.05, 0) is 42.7 Å². The Kier molecular flexibility index (Phi) is 5.29. The molecular weight excluding hydrogens is 354 g/mol. The van der Waals surface area contributed by atoms with Crippen LogP contribution >= 0.6 is 0 Å². The zero-order chi connectivity index (χ0) is 18.6. The van der Waals surface area contributed by atoms with Gasteiger partial charge in [0.1, 0.15) is 16.2 Å². The summed E-state index contributed by atoms with van der Waals surface area (Å²) in [5.74, 6) is 0.587. The Morgan fingerprint density at radius 1 is 1.04 bits per heavy atom. The summed E-state index contributed by atoms with van der Waals surface area (Å²) in [7, 11) is -3.53. The molecule has 0 bridgehead atoms. The van der Waals surface area contributed by atoms with Crippen LogP contribution in [0.15, 0.2) is 54.6 Å². The predicted octanol–water partition coefficient (Wildman–Crippen LogP) is 3.17. The average molecular weight is 375 g/mol. The first kappa shape index (κ1) is 18.4. The first-order valence-electron chi connectivity index (χ1n) is 8.45. The molecular formula is C19H21NO5S. The summed E-state index contributed by atoms with van der Waals surface area (Å²) in [6.07, 6.45) is 1.34. The van der Waals surface area contributed by atoms with E-state index >= 15 is 0 Å². The van der Waals surface area contributed by atoms with Gasteiger partial charge in [0.15, 0.2) is 9.84 Å². The van der Waals surface area contributed by atoms with Crippen LogP contribution in [-0.2, 0) is 19.4 Å². The lowest BCUT2D eigenvalue weighted by Gasteiger charge is -2.36. The van der Waals surface area contributed by atoms with Gasteiger partial charge in [-0.3, -0.25) is 10.0 Å². The number of amides is 1.